The lowest BCUT2D eigenvalue weighted by atomic mass is 9.86. The van der Waals surface area contributed by atoms with E-state index in [0.717, 1.165) is 37.1 Å². The highest BCUT2D eigenvalue weighted by atomic mass is 16.2. The number of hydrogen-bond acceptors (Lipinski definition) is 4. The number of rotatable bonds is 1. The first-order valence-electron chi connectivity index (χ1n) is 9.84. The van der Waals surface area contributed by atoms with E-state index >= 15 is 0 Å². The predicted molar refractivity (Wildman–Crippen MR) is 110 cm³/mol. The molecule has 1 aromatic rings. The van der Waals surface area contributed by atoms with Gasteiger partial charge in [-0.05, 0) is 40.0 Å². The van der Waals surface area contributed by atoms with Gasteiger partial charge in [0.05, 0.1) is 11.6 Å². The van der Waals surface area contributed by atoms with Crippen LogP contribution in [0.1, 0.15) is 72.9 Å². The Bertz CT molecular complexity index is 851. The zero-order valence-corrected chi connectivity index (χ0v) is 17.6. The van der Waals surface area contributed by atoms with Crippen LogP contribution < -0.4 is 10.6 Å². The van der Waals surface area contributed by atoms with Crippen LogP contribution in [0.3, 0.4) is 0 Å². The number of hydrogen-bond donors (Lipinski definition) is 2. The van der Waals surface area contributed by atoms with Gasteiger partial charge in [-0.25, -0.2) is 9.79 Å². The summed E-state index contributed by atoms with van der Waals surface area (Å²) < 4.78 is 1.47. The quantitative estimate of drug-likeness (QED) is 0.772. The number of amides is 3. The molecule has 2 heterocycles. The number of carbonyl (C=O) groups is 2. The van der Waals surface area contributed by atoms with E-state index in [1.54, 1.807) is 0 Å². The van der Waals surface area contributed by atoms with Gasteiger partial charge in [-0.1, -0.05) is 27.2 Å². The SMILES string of the molecule is CC(C)(C)NC(=O)Nc1cc(C(C)(C)C)nn1C1=NC(=O)C2CCCCC2=N1. The molecule has 8 heteroatoms. The molecule has 1 atom stereocenters. The Kier molecular flexibility index (Phi) is 5.16. The first-order valence-corrected chi connectivity index (χ1v) is 9.84. The van der Waals surface area contributed by atoms with Gasteiger partial charge in [-0.3, -0.25) is 10.1 Å². The Hall–Kier alpha value is -2.51. The lowest BCUT2D eigenvalue weighted by Crippen LogP contribution is -2.43. The molecule has 1 unspecified atom stereocenters. The lowest BCUT2D eigenvalue weighted by Gasteiger charge is -2.25. The average Bonchev–Trinajstić information content (AvgIpc) is 2.97. The summed E-state index contributed by atoms with van der Waals surface area (Å²) in [7, 11) is 0. The molecular formula is C20H30N6O2. The van der Waals surface area contributed by atoms with E-state index in [4.69, 9.17) is 0 Å². The third-order valence-electron chi connectivity index (χ3n) is 4.73. The van der Waals surface area contributed by atoms with Gasteiger partial charge >= 0.3 is 6.03 Å². The van der Waals surface area contributed by atoms with Crippen molar-refractivity contribution >= 4 is 29.4 Å². The summed E-state index contributed by atoms with van der Waals surface area (Å²) >= 11 is 0. The van der Waals surface area contributed by atoms with Gasteiger partial charge < -0.3 is 5.32 Å². The van der Waals surface area contributed by atoms with Crippen molar-refractivity contribution in [2.24, 2.45) is 15.9 Å². The number of urea groups is 1. The summed E-state index contributed by atoms with van der Waals surface area (Å²) in [5, 5.41) is 10.3. The number of nitrogens with zero attached hydrogens (tertiary/aromatic N) is 4. The molecule has 1 fully saturated rings. The highest BCUT2D eigenvalue weighted by molar-refractivity contribution is 6.16. The maximum absolute atomic E-state index is 12.5. The molecule has 0 radical (unpaired) electrons. The van der Waals surface area contributed by atoms with Crippen molar-refractivity contribution in [3.05, 3.63) is 11.8 Å². The van der Waals surface area contributed by atoms with E-state index in [9.17, 15) is 9.59 Å². The van der Waals surface area contributed by atoms with Crippen LogP contribution in [0.25, 0.3) is 0 Å². The van der Waals surface area contributed by atoms with Crippen LogP contribution in [0.4, 0.5) is 10.6 Å². The number of fused-ring (bicyclic) bond motifs is 1. The van der Waals surface area contributed by atoms with Crippen molar-refractivity contribution in [1.29, 1.82) is 0 Å². The molecular weight excluding hydrogens is 356 g/mol. The molecule has 0 saturated heterocycles. The zero-order valence-electron chi connectivity index (χ0n) is 17.6. The second-order valence-corrected chi connectivity index (χ2v) is 9.56. The van der Waals surface area contributed by atoms with E-state index in [1.165, 1.54) is 4.68 Å². The fourth-order valence-electron chi connectivity index (χ4n) is 3.30. The molecule has 1 aliphatic carbocycles. The van der Waals surface area contributed by atoms with Gasteiger partial charge in [0.25, 0.3) is 11.9 Å². The molecule has 152 valence electrons. The molecule has 0 spiro atoms. The van der Waals surface area contributed by atoms with Crippen LogP contribution in [0.5, 0.6) is 0 Å². The van der Waals surface area contributed by atoms with Gasteiger partial charge in [-0.2, -0.15) is 14.8 Å². The van der Waals surface area contributed by atoms with Crippen LogP contribution >= 0.6 is 0 Å². The molecule has 1 saturated carbocycles. The van der Waals surface area contributed by atoms with Gasteiger partial charge in [0.15, 0.2) is 0 Å². The minimum absolute atomic E-state index is 0.169. The molecule has 3 rings (SSSR count). The van der Waals surface area contributed by atoms with Gasteiger partial charge in [0.2, 0.25) is 0 Å². The maximum atomic E-state index is 12.5. The van der Waals surface area contributed by atoms with E-state index in [1.807, 2.05) is 47.6 Å². The lowest BCUT2D eigenvalue weighted by molar-refractivity contribution is -0.120. The average molecular weight is 387 g/mol. The van der Waals surface area contributed by atoms with Crippen molar-refractivity contribution in [1.82, 2.24) is 15.1 Å². The monoisotopic (exact) mass is 386 g/mol. The molecule has 0 bridgehead atoms. The first kappa shape index (κ1) is 20.2. The third kappa shape index (κ3) is 4.48. The molecule has 1 aromatic heterocycles. The van der Waals surface area contributed by atoms with Crippen molar-refractivity contribution in [3.8, 4) is 0 Å². The van der Waals surface area contributed by atoms with Crippen LogP contribution in [-0.4, -0.2) is 38.9 Å². The summed E-state index contributed by atoms with van der Waals surface area (Å²) in [5.41, 5.74) is 1.04. The molecule has 2 N–H and O–H groups in total. The molecule has 2 aliphatic rings. The van der Waals surface area contributed by atoms with E-state index in [2.05, 4.69) is 25.7 Å². The second kappa shape index (κ2) is 7.14. The number of aromatic nitrogens is 2. The summed E-state index contributed by atoms with van der Waals surface area (Å²) in [6, 6.07) is 1.46. The largest absolute Gasteiger partial charge is 0.333 e. The Morgan fingerprint density at radius 1 is 1.14 bits per heavy atom. The Morgan fingerprint density at radius 2 is 1.86 bits per heavy atom. The van der Waals surface area contributed by atoms with E-state index in [0.29, 0.717) is 5.82 Å². The number of anilines is 1. The van der Waals surface area contributed by atoms with Gasteiger partial charge in [0, 0.05) is 22.7 Å². The van der Waals surface area contributed by atoms with Crippen molar-refractivity contribution < 1.29 is 9.59 Å². The van der Waals surface area contributed by atoms with Crippen molar-refractivity contribution in [2.75, 3.05) is 5.32 Å². The van der Waals surface area contributed by atoms with Crippen LogP contribution in [0.15, 0.2) is 16.1 Å². The van der Waals surface area contributed by atoms with Crippen LogP contribution in [-0.2, 0) is 10.2 Å². The van der Waals surface area contributed by atoms with Crippen molar-refractivity contribution in [2.45, 2.75) is 78.2 Å². The minimum Gasteiger partial charge on any atom is -0.333 e. The maximum Gasteiger partial charge on any atom is 0.320 e. The number of aliphatic imine (C=N–C) groups is 2. The molecule has 8 nitrogen and oxygen atoms in total. The summed E-state index contributed by atoms with van der Waals surface area (Å²) in [6.45, 7) is 11.8. The fraction of sp³-hybridized carbons (Fsp3) is 0.650. The molecule has 28 heavy (non-hydrogen) atoms. The number of carbonyl (C=O) groups excluding carboxylic acids is 2. The highest BCUT2D eigenvalue weighted by Gasteiger charge is 2.33. The van der Waals surface area contributed by atoms with E-state index in [-0.39, 0.29) is 34.8 Å². The standard InChI is InChI=1S/C20H30N6O2/c1-19(2,3)14-11-15(22-18(28)24-20(4,5)6)26(25-14)17-21-13-10-8-7-9-12(13)16(27)23-17/h11-12H,7-10H2,1-6H3,(H2,22,24,28). The number of nitrogens with one attached hydrogen (secondary N) is 2. The summed E-state index contributed by atoms with van der Waals surface area (Å²) in [5.74, 6) is 0.296. The minimum atomic E-state index is -0.379. The Morgan fingerprint density at radius 3 is 2.50 bits per heavy atom. The third-order valence-corrected chi connectivity index (χ3v) is 4.73. The Balaban J connectivity index is 1.97. The molecule has 0 aromatic carbocycles. The normalized spacial score (nSPS) is 20.2. The summed E-state index contributed by atoms with van der Waals surface area (Å²) in [6.07, 6.45) is 3.66. The van der Waals surface area contributed by atoms with Crippen LogP contribution in [0, 0.1) is 5.92 Å². The molecule has 1 aliphatic heterocycles. The molecule has 3 amide bonds. The second-order valence-electron chi connectivity index (χ2n) is 9.56. The Labute approximate surface area is 165 Å². The topological polar surface area (TPSA) is 101 Å². The highest BCUT2D eigenvalue weighted by Crippen LogP contribution is 2.28. The van der Waals surface area contributed by atoms with E-state index < -0.39 is 0 Å². The first-order chi connectivity index (χ1) is 12.9. The fourth-order valence-corrected chi connectivity index (χ4v) is 3.30. The predicted octanol–water partition coefficient (Wildman–Crippen LogP) is 3.48. The van der Waals surface area contributed by atoms with Gasteiger partial charge in [-0.15, -0.1) is 0 Å². The van der Waals surface area contributed by atoms with Crippen LogP contribution in [0.2, 0.25) is 0 Å². The van der Waals surface area contributed by atoms with Crippen molar-refractivity contribution in [3.63, 3.8) is 0 Å². The van der Waals surface area contributed by atoms with Gasteiger partial charge in [0.1, 0.15) is 5.82 Å². The zero-order chi connectivity index (χ0) is 20.7. The smallest absolute Gasteiger partial charge is 0.320 e. The summed E-state index contributed by atoms with van der Waals surface area (Å²) in [4.78, 5) is 33.8.